The highest BCUT2D eigenvalue weighted by atomic mass is 16.5. The lowest BCUT2D eigenvalue weighted by atomic mass is 9.82. The first-order valence-electron chi connectivity index (χ1n) is 9.61. The summed E-state index contributed by atoms with van der Waals surface area (Å²) in [6, 6.07) is 15.9. The van der Waals surface area contributed by atoms with Gasteiger partial charge in [0.05, 0.1) is 18.4 Å². The Balaban J connectivity index is 1.51. The summed E-state index contributed by atoms with van der Waals surface area (Å²) in [4.78, 5) is 22.1. The Morgan fingerprint density at radius 2 is 1.76 bits per heavy atom. The number of carbonyl (C=O) groups is 1. The summed E-state index contributed by atoms with van der Waals surface area (Å²) in [6.45, 7) is 2.04. The molecule has 0 spiro atoms. The van der Waals surface area contributed by atoms with Crippen molar-refractivity contribution in [3.05, 3.63) is 77.1 Å². The van der Waals surface area contributed by atoms with E-state index in [1.165, 1.54) is 5.56 Å². The molecule has 144 valence electrons. The van der Waals surface area contributed by atoms with Crippen LogP contribution in [-0.2, 0) is 6.42 Å². The fraction of sp³-hybridized carbons (Fsp3) is 0.217. The monoisotopic (exact) mass is 384 g/mol. The van der Waals surface area contributed by atoms with Crippen LogP contribution in [0, 0.1) is 6.92 Å². The second-order valence-corrected chi connectivity index (χ2v) is 7.45. The average molecular weight is 384 g/mol. The Morgan fingerprint density at radius 3 is 2.48 bits per heavy atom. The van der Waals surface area contributed by atoms with Gasteiger partial charge in [0, 0.05) is 18.2 Å². The van der Waals surface area contributed by atoms with Gasteiger partial charge in [0.2, 0.25) is 0 Å². The number of ketones is 1. The number of methoxy groups -OCH3 is 1. The predicted molar refractivity (Wildman–Crippen MR) is 109 cm³/mol. The molecule has 6 nitrogen and oxygen atoms in total. The third-order valence-electron chi connectivity index (χ3n) is 5.48. The molecule has 0 saturated heterocycles. The minimum Gasteiger partial charge on any atom is -0.497 e. The van der Waals surface area contributed by atoms with E-state index in [0.717, 1.165) is 22.6 Å². The van der Waals surface area contributed by atoms with Crippen molar-refractivity contribution in [1.29, 1.82) is 0 Å². The molecule has 0 unspecified atom stereocenters. The zero-order chi connectivity index (χ0) is 20.0. The quantitative estimate of drug-likeness (QED) is 0.534. The van der Waals surface area contributed by atoms with Gasteiger partial charge in [-0.05, 0) is 37.0 Å². The lowest BCUT2D eigenvalue weighted by molar-refractivity contribution is 0.0962. The average Bonchev–Trinajstić information content (AvgIpc) is 3.16. The van der Waals surface area contributed by atoms with Gasteiger partial charge in [0.15, 0.2) is 11.6 Å². The molecule has 0 aliphatic heterocycles. The van der Waals surface area contributed by atoms with Gasteiger partial charge in [-0.25, -0.2) is 9.50 Å². The molecule has 6 heteroatoms. The van der Waals surface area contributed by atoms with Crippen LogP contribution in [0.25, 0.3) is 17.2 Å². The van der Waals surface area contributed by atoms with Crippen molar-refractivity contribution in [2.24, 2.45) is 0 Å². The number of rotatable bonds is 3. The number of aryl methyl sites for hydroxylation is 1. The second-order valence-electron chi connectivity index (χ2n) is 7.45. The molecule has 0 amide bonds. The SMILES string of the molecule is COc1ccc([C@H]2CC(=O)c3cn4nc(-c5ccc(C)cc5)nc4nc3C2)cc1. The van der Waals surface area contributed by atoms with Gasteiger partial charge in [-0.1, -0.05) is 42.0 Å². The summed E-state index contributed by atoms with van der Waals surface area (Å²) in [7, 11) is 1.65. The van der Waals surface area contributed by atoms with E-state index in [1.54, 1.807) is 17.8 Å². The van der Waals surface area contributed by atoms with Crippen LogP contribution in [0.5, 0.6) is 5.75 Å². The van der Waals surface area contributed by atoms with Crippen LogP contribution in [0.3, 0.4) is 0 Å². The molecule has 2 heterocycles. The minimum absolute atomic E-state index is 0.0915. The maximum absolute atomic E-state index is 12.8. The van der Waals surface area contributed by atoms with Crippen LogP contribution in [0.1, 0.15) is 39.5 Å². The molecule has 0 bridgehead atoms. The van der Waals surface area contributed by atoms with Gasteiger partial charge >= 0.3 is 0 Å². The van der Waals surface area contributed by atoms with E-state index in [-0.39, 0.29) is 11.7 Å². The normalized spacial score (nSPS) is 16.1. The minimum atomic E-state index is 0.0915. The van der Waals surface area contributed by atoms with E-state index in [4.69, 9.17) is 4.74 Å². The van der Waals surface area contributed by atoms with E-state index >= 15 is 0 Å². The second kappa shape index (κ2) is 6.81. The highest BCUT2D eigenvalue weighted by Gasteiger charge is 2.28. The number of ether oxygens (including phenoxy) is 1. The number of hydrogen-bond donors (Lipinski definition) is 0. The van der Waals surface area contributed by atoms with Gasteiger partial charge < -0.3 is 4.74 Å². The summed E-state index contributed by atoms with van der Waals surface area (Å²) >= 11 is 0. The molecule has 2 aromatic heterocycles. The maximum atomic E-state index is 12.8. The first-order valence-corrected chi connectivity index (χ1v) is 9.61. The molecular weight excluding hydrogens is 364 g/mol. The van der Waals surface area contributed by atoms with Crippen LogP contribution in [0.2, 0.25) is 0 Å². The number of nitrogens with zero attached hydrogens (tertiary/aromatic N) is 4. The van der Waals surface area contributed by atoms with Crippen molar-refractivity contribution < 1.29 is 9.53 Å². The van der Waals surface area contributed by atoms with Crippen molar-refractivity contribution >= 4 is 11.6 Å². The van der Waals surface area contributed by atoms with Crippen LogP contribution in [0.15, 0.2) is 54.7 Å². The molecule has 1 aliphatic carbocycles. The van der Waals surface area contributed by atoms with Crippen LogP contribution < -0.4 is 4.74 Å². The molecule has 4 aromatic rings. The summed E-state index contributed by atoms with van der Waals surface area (Å²) < 4.78 is 6.84. The fourth-order valence-electron chi connectivity index (χ4n) is 3.82. The predicted octanol–water partition coefficient (Wildman–Crippen LogP) is 4.02. The van der Waals surface area contributed by atoms with E-state index in [9.17, 15) is 4.79 Å². The Hall–Kier alpha value is -3.54. The first kappa shape index (κ1) is 17.6. The lowest BCUT2D eigenvalue weighted by Gasteiger charge is -2.23. The summed E-state index contributed by atoms with van der Waals surface area (Å²) in [6.07, 6.45) is 2.94. The lowest BCUT2D eigenvalue weighted by Crippen LogP contribution is -2.21. The number of hydrogen-bond acceptors (Lipinski definition) is 5. The van der Waals surface area contributed by atoms with Gasteiger partial charge in [0.1, 0.15) is 5.75 Å². The Bertz CT molecular complexity index is 1210. The van der Waals surface area contributed by atoms with Crippen LogP contribution in [0.4, 0.5) is 0 Å². The van der Waals surface area contributed by atoms with Crippen molar-refractivity contribution in [2.45, 2.75) is 25.7 Å². The third kappa shape index (κ3) is 3.16. The van der Waals surface area contributed by atoms with Crippen molar-refractivity contribution in [3.8, 4) is 17.1 Å². The molecule has 1 atom stereocenters. The Morgan fingerprint density at radius 1 is 1.00 bits per heavy atom. The molecule has 0 radical (unpaired) electrons. The smallest absolute Gasteiger partial charge is 0.252 e. The molecule has 2 aromatic carbocycles. The van der Waals surface area contributed by atoms with Crippen molar-refractivity contribution in [3.63, 3.8) is 0 Å². The van der Waals surface area contributed by atoms with Crippen LogP contribution in [-0.4, -0.2) is 32.5 Å². The largest absolute Gasteiger partial charge is 0.497 e. The third-order valence-corrected chi connectivity index (χ3v) is 5.48. The van der Waals surface area contributed by atoms with E-state index < -0.39 is 0 Å². The molecule has 5 rings (SSSR count). The van der Waals surface area contributed by atoms with Crippen molar-refractivity contribution in [1.82, 2.24) is 19.6 Å². The summed E-state index contributed by atoms with van der Waals surface area (Å²) in [5, 5.41) is 4.53. The molecule has 0 N–H and O–H groups in total. The molecule has 0 saturated carbocycles. The summed E-state index contributed by atoms with van der Waals surface area (Å²) in [5.41, 5.74) is 4.66. The highest BCUT2D eigenvalue weighted by molar-refractivity contribution is 5.98. The molecule has 0 fully saturated rings. The number of carbonyl (C=O) groups excluding carboxylic acids is 1. The van der Waals surface area contributed by atoms with Gasteiger partial charge in [0.25, 0.3) is 5.78 Å². The van der Waals surface area contributed by atoms with E-state index in [2.05, 4.69) is 15.1 Å². The van der Waals surface area contributed by atoms with E-state index in [0.29, 0.717) is 30.0 Å². The number of aromatic nitrogens is 4. The number of benzene rings is 2. The van der Waals surface area contributed by atoms with Gasteiger partial charge in [-0.3, -0.25) is 4.79 Å². The summed E-state index contributed by atoms with van der Waals surface area (Å²) in [5.74, 6) is 2.13. The van der Waals surface area contributed by atoms with Crippen LogP contribution >= 0.6 is 0 Å². The number of Topliss-reactive ketones (excluding diaryl/α,β-unsaturated/α-hetero) is 1. The van der Waals surface area contributed by atoms with Gasteiger partial charge in [-0.15, -0.1) is 5.10 Å². The first-order chi connectivity index (χ1) is 14.1. The van der Waals surface area contributed by atoms with E-state index in [1.807, 2.05) is 55.5 Å². The van der Waals surface area contributed by atoms with Crippen molar-refractivity contribution in [2.75, 3.05) is 7.11 Å². The molecule has 1 aliphatic rings. The number of fused-ring (bicyclic) bond motifs is 2. The standard InChI is InChI=1S/C23H20N4O2/c1-14-3-5-16(6-4-14)22-25-23-24-20-11-17(15-7-9-18(29-2)10-8-15)12-21(28)19(20)13-27(23)26-22/h3-10,13,17H,11-12H2,1-2H3/t17-/m1/s1. The topological polar surface area (TPSA) is 69.4 Å². The molecular formula is C23H20N4O2. The molecule has 29 heavy (non-hydrogen) atoms. The fourth-order valence-corrected chi connectivity index (χ4v) is 3.82. The zero-order valence-corrected chi connectivity index (χ0v) is 16.3. The maximum Gasteiger partial charge on any atom is 0.252 e. The Kier molecular flexibility index (Phi) is 4.12. The Labute approximate surface area is 168 Å². The highest BCUT2D eigenvalue weighted by Crippen LogP contribution is 2.33. The van der Waals surface area contributed by atoms with Gasteiger partial charge in [-0.2, -0.15) is 4.98 Å². The zero-order valence-electron chi connectivity index (χ0n) is 16.3.